The van der Waals surface area contributed by atoms with Crippen molar-refractivity contribution in [1.82, 2.24) is 0 Å². The number of rotatable bonds is 16. The van der Waals surface area contributed by atoms with Gasteiger partial charge in [-0.05, 0) is 76.0 Å². The van der Waals surface area contributed by atoms with Crippen molar-refractivity contribution in [3.63, 3.8) is 0 Å². The topological polar surface area (TPSA) is 83.5 Å². The number of carbonyl (C=O) groups excluding carboxylic acids is 1. The Morgan fingerprint density at radius 1 is 1.08 bits per heavy atom. The van der Waals surface area contributed by atoms with Gasteiger partial charge in [0.2, 0.25) is 0 Å². The molecule has 224 valence electrons. The molecule has 2 aliphatic heterocycles. The number of unbranched alkanes of at least 4 members (excludes halogenated alkanes) is 1. The molecule has 0 spiro atoms. The van der Waals surface area contributed by atoms with Crippen molar-refractivity contribution < 1.29 is 33.6 Å². The molecule has 0 bridgehead atoms. The maximum absolute atomic E-state index is 11.4. The Morgan fingerprint density at radius 3 is 2.49 bits per heavy atom. The molecule has 1 saturated carbocycles. The third-order valence-electron chi connectivity index (χ3n) is 8.34. The van der Waals surface area contributed by atoms with Gasteiger partial charge < -0.3 is 28.8 Å². The summed E-state index contributed by atoms with van der Waals surface area (Å²) in [6, 6.07) is 0. The fourth-order valence-corrected chi connectivity index (χ4v) is 6.13. The lowest BCUT2D eigenvalue weighted by molar-refractivity contribution is -0.193. The first-order valence-electron chi connectivity index (χ1n) is 15.6. The largest absolute Gasteiger partial charge is 0.469 e. The van der Waals surface area contributed by atoms with Crippen LogP contribution in [-0.2, 0) is 28.5 Å². The van der Waals surface area contributed by atoms with E-state index in [1.807, 2.05) is 0 Å². The Hall–Kier alpha value is -1.25. The standard InChI is InChI=1S/C32H54O7/c1-4-13-24(2)22-25(38-31-16-9-11-20-36-31)18-19-27-26(14-7-5-6-8-15-30(34)35-3)28(33)23-29(27)39-32-17-10-12-21-37-32/h5,7,18-19,24-29,31-33H,4,6,8-17,20-23H2,1-3H3/t24-,25+,26+,27+,28-,29+,31?,32?/m0/s1. The van der Waals surface area contributed by atoms with Gasteiger partial charge in [0.25, 0.3) is 0 Å². The van der Waals surface area contributed by atoms with Crippen LogP contribution < -0.4 is 0 Å². The van der Waals surface area contributed by atoms with Crippen LogP contribution >= 0.6 is 0 Å². The molecule has 2 heterocycles. The predicted octanol–water partition coefficient (Wildman–Crippen LogP) is 6.48. The van der Waals surface area contributed by atoms with Crippen molar-refractivity contribution in [2.24, 2.45) is 17.8 Å². The van der Waals surface area contributed by atoms with Crippen LogP contribution in [0.5, 0.6) is 0 Å². The summed E-state index contributed by atoms with van der Waals surface area (Å²) in [5.41, 5.74) is 0. The van der Waals surface area contributed by atoms with Crippen molar-refractivity contribution >= 4 is 5.97 Å². The van der Waals surface area contributed by atoms with E-state index >= 15 is 0 Å². The van der Waals surface area contributed by atoms with Crippen molar-refractivity contribution in [2.75, 3.05) is 20.3 Å². The minimum Gasteiger partial charge on any atom is -0.469 e. The lowest BCUT2D eigenvalue weighted by Crippen LogP contribution is -2.31. The van der Waals surface area contributed by atoms with Crippen LogP contribution in [0.25, 0.3) is 0 Å². The summed E-state index contributed by atoms with van der Waals surface area (Å²) < 4.78 is 29.5. The Balaban J connectivity index is 1.68. The number of hydrogen-bond donors (Lipinski definition) is 1. The summed E-state index contributed by atoms with van der Waals surface area (Å²) in [4.78, 5) is 11.4. The fourth-order valence-electron chi connectivity index (χ4n) is 6.13. The van der Waals surface area contributed by atoms with E-state index in [0.29, 0.717) is 18.8 Å². The van der Waals surface area contributed by atoms with Gasteiger partial charge in [0.1, 0.15) is 0 Å². The van der Waals surface area contributed by atoms with Crippen LogP contribution in [0.2, 0.25) is 0 Å². The van der Waals surface area contributed by atoms with Gasteiger partial charge in [-0.25, -0.2) is 0 Å². The molecular formula is C32H54O7. The molecule has 3 aliphatic rings. The van der Waals surface area contributed by atoms with Crippen LogP contribution in [0, 0.1) is 17.8 Å². The van der Waals surface area contributed by atoms with Gasteiger partial charge in [-0.15, -0.1) is 0 Å². The van der Waals surface area contributed by atoms with E-state index in [1.54, 1.807) is 0 Å². The van der Waals surface area contributed by atoms with Crippen LogP contribution in [0.15, 0.2) is 24.3 Å². The van der Waals surface area contributed by atoms with Crippen molar-refractivity contribution in [2.45, 2.75) is 135 Å². The van der Waals surface area contributed by atoms with Crippen molar-refractivity contribution in [3.05, 3.63) is 24.3 Å². The molecule has 1 N–H and O–H groups in total. The monoisotopic (exact) mass is 550 g/mol. The Morgan fingerprint density at radius 2 is 1.82 bits per heavy atom. The van der Waals surface area contributed by atoms with Gasteiger partial charge in [-0.1, -0.05) is 51.0 Å². The molecule has 1 aliphatic carbocycles. The fraction of sp³-hybridized carbons (Fsp3) is 0.844. The van der Waals surface area contributed by atoms with E-state index in [1.165, 1.54) is 13.5 Å². The molecule has 7 heteroatoms. The number of aliphatic hydroxyl groups is 1. The summed E-state index contributed by atoms with van der Waals surface area (Å²) in [6.07, 6.45) is 20.9. The second-order valence-electron chi connectivity index (χ2n) is 11.7. The van der Waals surface area contributed by atoms with Gasteiger partial charge in [0, 0.05) is 32.0 Å². The maximum atomic E-state index is 11.4. The second-order valence-corrected chi connectivity index (χ2v) is 11.7. The molecule has 2 saturated heterocycles. The molecule has 0 aromatic rings. The molecule has 0 radical (unpaired) electrons. The first kappa shape index (κ1) is 32.3. The van der Waals surface area contributed by atoms with Crippen molar-refractivity contribution in [3.8, 4) is 0 Å². The number of allylic oxidation sites excluding steroid dienone is 2. The van der Waals surface area contributed by atoms with Crippen molar-refractivity contribution in [1.29, 1.82) is 0 Å². The number of carbonyl (C=O) groups is 1. The molecular weight excluding hydrogens is 496 g/mol. The lowest BCUT2D eigenvalue weighted by atomic mass is 9.89. The average Bonchev–Trinajstić information content (AvgIpc) is 3.23. The van der Waals surface area contributed by atoms with Crippen LogP contribution in [0.3, 0.4) is 0 Å². The maximum Gasteiger partial charge on any atom is 0.305 e. The van der Waals surface area contributed by atoms with Gasteiger partial charge in [0.05, 0.1) is 25.4 Å². The molecule has 3 fully saturated rings. The summed E-state index contributed by atoms with van der Waals surface area (Å²) in [5, 5.41) is 11.1. The number of esters is 1. The van der Waals surface area contributed by atoms with Crippen LogP contribution in [-0.4, -0.2) is 62.3 Å². The van der Waals surface area contributed by atoms with E-state index in [9.17, 15) is 9.90 Å². The second kappa shape index (κ2) is 18.2. The minimum absolute atomic E-state index is 0.0199. The number of aliphatic hydroxyl groups excluding tert-OH is 1. The molecule has 3 rings (SSSR count). The van der Waals surface area contributed by atoms with E-state index < -0.39 is 6.10 Å². The first-order chi connectivity index (χ1) is 19.0. The predicted molar refractivity (Wildman–Crippen MR) is 152 cm³/mol. The zero-order valence-electron chi connectivity index (χ0n) is 24.6. The van der Waals surface area contributed by atoms with E-state index in [2.05, 4.69) is 38.2 Å². The van der Waals surface area contributed by atoms with Gasteiger partial charge in [-0.3, -0.25) is 4.79 Å². The molecule has 2 unspecified atom stereocenters. The third-order valence-corrected chi connectivity index (χ3v) is 8.34. The zero-order valence-corrected chi connectivity index (χ0v) is 24.6. The molecule has 8 atom stereocenters. The number of methoxy groups -OCH3 is 1. The highest BCUT2D eigenvalue weighted by molar-refractivity contribution is 5.69. The molecule has 39 heavy (non-hydrogen) atoms. The first-order valence-corrected chi connectivity index (χ1v) is 15.6. The van der Waals surface area contributed by atoms with Gasteiger partial charge in [-0.2, -0.15) is 0 Å². The molecule has 0 aromatic heterocycles. The highest BCUT2D eigenvalue weighted by Gasteiger charge is 2.42. The molecule has 0 aromatic carbocycles. The molecule has 7 nitrogen and oxygen atoms in total. The number of ether oxygens (including phenoxy) is 5. The quantitative estimate of drug-likeness (QED) is 0.134. The summed E-state index contributed by atoms with van der Waals surface area (Å²) >= 11 is 0. The SMILES string of the molecule is CCC[C@H](C)C[C@@H](C=C[C@@H]1[C@@H](CC=CCCCC(=O)OC)[C@@H](O)C[C@H]1OC1CCCCO1)OC1CCCCO1. The lowest BCUT2D eigenvalue weighted by Gasteiger charge is -2.30. The van der Waals surface area contributed by atoms with Crippen LogP contribution in [0.4, 0.5) is 0 Å². The molecule has 0 amide bonds. The van der Waals surface area contributed by atoms with E-state index in [0.717, 1.165) is 83.8 Å². The highest BCUT2D eigenvalue weighted by Crippen LogP contribution is 2.40. The Bertz CT molecular complexity index is 726. The van der Waals surface area contributed by atoms with Gasteiger partial charge >= 0.3 is 5.97 Å². The van der Waals surface area contributed by atoms with Crippen LogP contribution in [0.1, 0.15) is 104 Å². The zero-order chi connectivity index (χ0) is 27.9. The third kappa shape index (κ3) is 11.6. The smallest absolute Gasteiger partial charge is 0.305 e. The average molecular weight is 551 g/mol. The summed E-state index contributed by atoms with van der Waals surface area (Å²) in [5.74, 6) is 0.527. The summed E-state index contributed by atoms with van der Waals surface area (Å²) in [7, 11) is 1.42. The van der Waals surface area contributed by atoms with E-state index in [-0.39, 0.29) is 42.6 Å². The Kier molecular flexibility index (Phi) is 15.1. The normalized spacial score (nSPS) is 31.6. The Labute approximate surface area is 236 Å². The highest BCUT2D eigenvalue weighted by atomic mass is 16.7. The van der Waals surface area contributed by atoms with E-state index in [4.69, 9.17) is 23.7 Å². The summed E-state index contributed by atoms with van der Waals surface area (Å²) in [6.45, 7) is 6.04. The van der Waals surface area contributed by atoms with Gasteiger partial charge in [0.15, 0.2) is 12.6 Å². The number of hydrogen-bond acceptors (Lipinski definition) is 7. The minimum atomic E-state index is -0.437.